The molecule has 1 unspecified atom stereocenters. The van der Waals surface area contributed by atoms with Crippen LogP contribution in [0.15, 0.2) is 18.2 Å². The van der Waals surface area contributed by atoms with Gasteiger partial charge in [-0.05, 0) is 56.3 Å². The molecule has 1 aromatic carbocycles. The molecule has 0 radical (unpaired) electrons. The molecule has 0 amide bonds. The maximum absolute atomic E-state index is 6.15. The molecule has 2 aliphatic rings. The number of benzene rings is 1. The van der Waals surface area contributed by atoms with Crippen molar-refractivity contribution in [2.45, 2.75) is 44.6 Å². The molecule has 0 bridgehead atoms. The Hall–Kier alpha value is -0.730. The maximum Gasteiger partial charge on any atom is 0.124 e. The van der Waals surface area contributed by atoms with Crippen LogP contribution in [-0.2, 0) is 0 Å². The first kappa shape index (κ1) is 13.3. The highest BCUT2D eigenvalue weighted by molar-refractivity contribution is 6.30. The molecule has 1 aliphatic heterocycles. The van der Waals surface area contributed by atoms with Crippen molar-refractivity contribution >= 4 is 11.6 Å². The van der Waals surface area contributed by atoms with Crippen LogP contribution in [0, 0.1) is 5.92 Å². The molecule has 1 atom stereocenters. The van der Waals surface area contributed by atoms with Gasteiger partial charge in [0.15, 0.2) is 0 Å². The Bertz CT molecular complexity index is 425. The van der Waals surface area contributed by atoms with Crippen molar-refractivity contribution in [2.75, 3.05) is 13.2 Å². The van der Waals surface area contributed by atoms with E-state index in [-0.39, 0.29) is 0 Å². The number of ether oxygens (including phenoxy) is 1. The topological polar surface area (TPSA) is 21.3 Å². The average Bonchev–Trinajstić information content (AvgIpc) is 2.39. The third kappa shape index (κ3) is 3.24. The van der Waals surface area contributed by atoms with Crippen molar-refractivity contribution < 1.29 is 4.74 Å². The van der Waals surface area contributed by atoms with Crippen molar-refractivity contribution in [3.8, 4) is 5.75 Å². The molecule has 1 saturated carbocycles. The summed E-state index contributed by atoms with van der Waals surface area (Å²) in [5.74, 6) is 1.79. The Balaban J connectivity index is 1.73. The van der Waals surface area contributed by atoms with Gasteiger partial charge in [-0.3, -0.25) is 0 Å². The first-order valence-electron chi connectivity index (χ1n) is 7.48. The highest BCUT2D eigenvalue weighted by Gasteiger charge is 2.21. The number of halogens is 1. The zero-order valence-electron chi connectivity index (χ0n) is 11.3. The van der Waals surface area contributed by atoms with Crippen LogP contribution in [0.1, 0.15) is 50.1 Å². The lowest BCUT2D eigenvalue weighted by Crippen LogP contribution is -2.27. The molecule has 1 N–H and O–H groups in total. The van der Waals surface area contributed by atoms with E-state index in [9.17, 15) is 0 Å². The lowest BCUT2D eigenvalue weighted by atomic mass is 9.86. The van der Waals surface area contributed by atoms with E-state index < -0.39 is 0 Å². The fourth-order valence-corrected chi connectivity index (χ4v) is 3.09. The minimum absolute atomic E-state index is 0.406. The van der Waals surface area contributed by atoms with Crippen molar-refractivity contribution in [3.63, 3.8) is 0 Å². The van der Waals surface area contributed by atoms with Gasteiger partial charge in [-0.2, -0.15) is 0 Å². The van der Waals surface area contributed by atoms with Crippen molar-refractivity contribution in [1.29, 1.82) is 0 Å². The summed E-state index contributed by atoms with van der Waals surface area (Å²) >= 11 is 6.15. The van der Waals surface area contributed by atoms with Crippen LogP contribution in [0.5, 0.6) is 5.75 Å². The molecule has 0 spiro atoms. The van der Waals surface area contributed by atoms with E-state index in [0.29, 0.717) is 6.04 Å². The van der Waals surface area contributed by atoms with E-state index in [0.717, 1.165) is 29.8 Å². The van der Waals surface area contributed by atoms with E-state index in [2.05, 4.69) is 11.4 Å². The lowest BCUT2D eigenvalue weighted by Gasteiger charge is -2.28. The van der Waals surface area contributed by atoms with Crippen LogP contribution in [0.3, 0.4) is 0 Å². The standard InChI is InChI=1S/C16H22ClNO/c17-13-7-8-16(19-11-12-4-3-5-12)14(10-13)15-6-1-2-9-18-15/h7-8,10,12,15,18H,1-6,9,11H2. The van der Waals surface area contributed by atoms with Gasteiger partial charge in [0.1, 0.15) is 5.75 Å². The van der Waals surface area contributed by atoms with Gasteiger partial charge >= 0.3 is 0 Å². The molecule has 3 rings (SSSR count). The molecule has 1 saturated heterocycles. The second-order valence-corrected chi connectivity index (χ2v) is 6.23. The van der Waals surface area contributed by atoms with Crippen LogP contribution < -0.4 is 10.1 Å². The molecule has 2 nitrogen and oxygen atoms in total. The van der Waals surface area contributed by atoms with Gasteiger partial charge in [0.2, 0.25) is 0 Å². The third-order valence-electron chi connectivity index (χ3n) is 4.36. The van der Waals surface area contributed by atoms with Crippen LogP contribution in [-0.4, -0.2) is 13.2 Å². The molecular formula is C16H22ClNO. The zero-order chi connectivity index (χ0) is 13.1. The highest BCUT2D eigenvalue weighted by Crippen LogP contribution is 2.34. The molecule has 104 valence electrons. The van der Waals surface area contributed by atoms with E-state index in [4.69, 9.17) is 16.3 Å². The van der Waals surface area contributed by atoms with E-state index in [1.807, 2.05) is 12.1 Å². The van der Waals surface area contributed by atoms with Crippen LogP contribution >= 0.6 is 11.6 Å². The van der Waals surface area contributed by atoms with E-state index in [1.165, 1.54) is 44.1 Å². The summed E-state index contributed by atoms with van der Waals surface area (Å²) in [5, 5.41) is 4.38. The monoisotopic (exact) mass is 279 g/mol. The minimum atomic E-state index is 0.406. The summed E-state index contributed by atoms with van der Waals surface area (Å²) in [6.45, 7) is 1.96. The zero-order valence-corrected chi connectivity index (χ0v) is 12.1. The van der Waals surface area contributed by atoms with Crippen molar-refractivity contribution in [2.24, 2.45) is 5.92 Å². The molecule has 1 aromatic rings. The van der Waals surface area contributed by atoms with Gasteiger partial charge in [-0.1, -0.05) is 24.4 Å². The predicted octanol–water partition coefficient (Wildman–Crippen LogP) is 4.33. The van der Waals surface area contributed by atoms with Gasteiger partial charge < -0.3 is 10.1 Å². The quantitative estimate of drug-likeness (QED) is 0.885. The summed E-state index contributed by atoms with van der Waals surface area (Å²) in [6.07, 6.45) is 7.75. The normalized spacial score (nSPS) is 23.9. The first-order chi connectivity index (χ1) is 9.33. The summed E-state index contributed by atoms with van der Waals surface area (Å²) in [5.41, 5.74) is 1.24. The van der Waals surface area contributed by atoms with Gasteiger partial charge in [-0.25, -0.2) is 0 Å². The molecule has 19 heavy (non-hydrogen) atoms. The largest absolute Gasteiger partial charge is 0.493 e. The van der Waals surface area contributed by atoms with Gasteiger partial charge in [-0.15, -0.1) is 0 Å². The molecular weight excluding hydrogens is 258 g/mol. The molecule has 1 heterocycles. The summed E-state index contributed by atoms with van der Waals surface area (Å²) in [7, 11) is 0. The Kier molecular flexibility index (Phi) is 4.29. The number of piperidine rings is 1. The molecule has 1 aliphatic carbocycles. The van der Waals surface area contributed by atoms with E-state index in [1.54, 1.807) is 0 Å². The third-order valence-corrected chi connectivity index (χ3v) is 4.59. The van der Waals surface area contributed by atoms with Gasteiger partial charge in [0.05, 0.1) is 6.61 Å². The van der Waals surface area contributed by atoms with Crippen molar-refractivity contribution in [1.82, 2.24) is 5.32 Å². The smallest absolute Gasteiger partial charge is 0.124 e. The number of rotatable bonds is 4. The highest BCUT2D eigenvalue weighted by atomic mass is 35.5. The fraction of sp³-hybridized carbons (Fsp3) is 0.625. The maximum atomic E-state index is 6.15. The second kappa shape index (κ2) is 6.15. The molecule has 0 aromatic heterocycles. The van der Waals surface area contributed by atoms with Gasteiger partial charge in [0.25, 0.3) is 0 Å². The Morgan fingerprint density at radius 3 is 2.74 bits per heavy atom. The van der Waals surface area contributed by atoms with Crippen LogP contribution in [0.25, 0.3) is 0 Å². The minimum Gasteiger partial charge on any atom is -0.493 e. The Morgan fingerprint density at radius 1 is 1.16 bits per heavy atom. The summed E-state index contributed by atoms with van der Waals surface area (Å²) < 4.78 is 6.05. The number of hydrogen-bond acceptors (Lipinski definition) is 2. The summed E-state index contributed by atoms with van der Waals surface area (Å²) in [6, 6.07) is 6.45. The van der Waals surface area contributed by atoms with Crippen LogP contribution in [0.4, 0.5) is 0 Å². The number of nitrogens with one attached hydrogen (secondary N) is 1. The molecule has 2 fully saturated rings. The lowest BCUT2D eigenvalue weighted by molar-refractivity contribution is 0.178. The van der Waals surface area contributed by atoms with E-state index >= 15 is 0 Å². The summed E-state index contributed by atoms with van der Waals surface area (Å²) in [4.78, 5) is 0. The fourth-order valence-electron chi connectivity index (χ4n) is 2.91. The Morgan fingerprint density at radius 2 is 2.05 bits per heavy atom. The first-order valence-corrected chi connectivity index (χ1v) is 7.86. The number of hydrogen-bond donors (Lipinski definition) is 1. The van der Waals surface area contributed by atoms with Crippen LogP contribution in [0.2, 0.25) is 5.02 Å². The Labute approximate surface area is 120 Å². The molecule has 3 heteroatoms. The second-order valence-electron chi connectivity index (χ2n) is 5.79. The van der Waals surface area contributed by atoms with Crippen molar-refractivity contribution in [3.05, 3.63) is 28.8 Å². The average molecular weight is 280 g/mol. The predicted molar refractivity (Wildman–Crippen MR) is 78.9 cm³/mol. The SMILES string of the molecule is Clc1ccc(OCC2CCC2)c(C2CCCCN2)c1. The van der Waals surface area contributed by atoms with Gasteiger partial charge in [0, 0.05) is 16.6 Å².